The first kappa shape index (κ1) is 25.4. The van der Waals surface area contributed by atoms with Crippen LogP contribution in [0.3, 0.4) is 0 Å². The van der Waals surface area contributed by atoms with E-state index in [4.69, 9.17) is 19.2 Å². The summed E-state index contributed by atoms with van der Waals surface area (Å²) < 4.78 is 16.2. The maximum absolute atomic E-state index is 5.50. The summed E-state index contributed by atoms with van der Waals surface area (Å²) in [5.41, 5.74) is 0.945. The summed E-state index contributed by atoms with van der Waals surface area (Å²) in [6, 6.07) is 7.99. The number of aliphatic imine (C=N–C) groups is 1. The van der Waals surface area contributed by atoms with Crippen LogP contribution in [-0.4, -0.2) is 40.4 Å². The highest BCUT2D eigenvalue weighted by atomic mass is 127. The lowest BCUT2D eigenvalue weighted by Crippen LogP contribution is -2.43. The Balaban J connectivity index is 0.00000420. The highest BCUT2D eigenvalue weighted by Crippen LogP contribution is 2.35. The third-order valence-electron chi connectivity index (χ3n) is 4.42. The van der Waals surface area contributed by atoms with E-state index in [2.05, 4.69) is 48.9 Å². The summed E-state index contributed by atoms with van der Waals surface area (Å²) in [7, 11) is 4.87. The van der Waals surface area contributed by atoms with Crippen LogP contribution >= 0.6 is 35.3 Å². The Kier molecular flexibility index (Phi) is 10.6. The molecule has 0 aliphatic carbocycles. The van der Waals surface area contributed by atoms with Gasteiger partial charge in [0.25, 0.3) is 0 Å². The van der Waals surface area contributed by atoms with Crippen molar-refractivity contribution in [2.45, 2.75) is 32.7 Å². The van der Waals surface area contributed by atoms with Gasteiger partial charge >= 0.3 is 0 Å². The van der Waals surface area contributed by atoms with E-state index in [0.717, 1.165) is 30.4 Å². The van der Waals surface area contributed by atoms with Gasteiger partial charge in [0, 0.05) is 35.0 Å². The molecule has 0 spiro atoms. The lowest BCUT2D eigenvalue weighted by atomic mass is 9.91. The number of halogens is 1. The molecule has 0 aliphatic rings. The van der Waals surface area contributed by atoms with Crippen molar-refractivity contribution in [2.24, 2.45) is 4.99 Å². The third kappa shape index (κ3) is 6.95. The highest BCUT2D eigenvalue weighted by molar-refractivity contribution is 14.0. The van der Waals surface area contributed by atoms with Gasteiger partial charge in [0.1, 0.15) is 5.75 Å². The minimum absolute atomic E-state index is 0. The minimum Gasteiger partial charge on any atom is -0.496 e. The van der Waals surface area contributed by atoms with E-state index in [1.54, 1.807) is 32.7 Å². The lowest BCUT2D eigenvalue weighted by molar-refractivity contribution is 0.347. The van der Waals surface area contributed by atoms with E-state index < -0.39 is 0 Å². The molecule has 1 aromatic heterocycles. The maximum Gasteiger partial charge on any atom is 0.191 e. The topological polar surface area (TPSA) is 64.1 Å². The van der Waals surface area contributed by atoms with Gasteiger partial charge in [0.2, 0.25) is 0 Å². The monoisotopic (exact) mass is 533 g/mol. The normalized spacial score (nSPS) is 11.4. The first-order valence-electron chi connectivity index (χ1n) is 9.30. The molecule has 1 heterocycles. The van der Waals surface area contributed by atoms with Gasteiger partial charge in [-0.25, -0.2) is 4.99 Å². The van der Waals surface area contributed by atoms with Gasteiger partial charge in [-0.05, 0) is 24.4 Å². The zero-order chi connectivity index (χ0) is 20.6. The Morgan fingerprint density at radius 1 is 1.03 bits per heavy atom. The number of ether oxygens (including phenoxy) is 3. The fourth-order valence-electron chi connectivity index (χ4n) is 2.78. The Bertz CT molecular complexity index is 780. The molecule has 0 fully saturated rings. The SMILES string of the molecule is CCNC(=NCc1cc(OC)c(OC)cc1OC)NCC(C)(C)c1cccs1.I. The van der Waals surface area contributed by atoms with E-state index >= 15 is 0 Å². The van der Waals surface area contributed by atoms with Crippen LogP contribution in [0.1, 0.15) is 31.2 Å². The van der Waals surface area contributed by atoms with Crippen LogP contribution in [0.2, 0.25) is 0 Å². The van der Waals surface area contributed by atoms with Crippen LogP contribution in [-0.2, 0) is 12.0 Å². The first-order chi connectivity index (χ1) is 13.4. The number of methoxy groups -OCH3 is 3. The molecule has 0 atom stereocenters. The van der Waals surface area contributed by atoms with Crippen molar-refractivity contribution in [3.05, 3.63) is 40.1 Å². The van der Waals surface area contributed by atoms with Crippen molar-refractivity contribution in [2.75, 3.05) is 34.4 Å². The number of hydrogen-bond donors (Lipinski definition) is 2. The molecule has 0 saturated carbocycles. The van der Waals surface area contributed by atoms with Gasteiger partial charge in [0.05, 0.1) is 27.9 Å². The summed E-state index contributed by atoms with van der Waals surface area (Å²) in [4.78, 5) is 6.07. The number of benzene rings is 1. The van der Waals surface area contributed by atoms with Gasteiger partial charge < -0.3 is 24.8 Å². The van der Waals surface area contributed by atoms with Crippen molar-refractivity contribution in [3.63, 3.8) is 0 Å². The summed E-state index contributed by atoms with van der Waals surface area (Å²) in [5, 5.41) is 8.87. The molecular weight excluding hydrogens is 501 g/mol. The standard InChI is InChI=1S/C21H31N3O3S.HI/c1-7-22-20(24-14-21(2,3)19-9-8-10-28-19)23-13-15-11-17(26-5)18(27-6)12-16(15)25-4;/h8-12H,7,13-14H2,1-6H3,(H2,22,23,24);1H. The van der Waals surface area contributed by atoms with E-state index in [-0.39, 0.29) is 29.4 Å². The highest BCUT2D eigenvalue weighted by Gasteiger charge is 2.22. The van der Waals surface area contributed by atoms with Gasteiger partial charge in [0.15, 0.2) is 17.5 Å². The second kappa shape index (κ2) is 12.1. The molecular formula is C21H32IN3O3S. The summed E-state index contributed by atoms with van der Waals surface area (Å²) in [5.74, 6) is 2.78. The number of nitrogens with zero attached hydrogens (tertiary/aromatic N) is 1. The molecule has 0 aliphatic heterocycles. The lowest BCUT2D eigenvalue weighted by Gasteiger charge is -2.25. The van der Waals surface area contributed by atoms with Gasteiger partial charge in [-0.15, -0.1) is 35.3 Å². The molecule has 0 amide bonds. The van der Waals surface area contributed by atoms with Gasteiger partial charge in [-0.1, -0.05) is 19.9 Å². The maximum atomic E-state index is 5.50. The van der Waals surface area contributed by atoms with Gasteiger partial charge in [-0.3, -0.25) is 0 Å². The average molecular weight is 533 g/mol. The van der Waals surface area contributed by atoms with Crippen LogP contribution in [0.5, 0.6) is 17.2 Å². The smallest absolute Gasteiger partial charge is 0.191 e. The third-order valence-corrected chi connectivity index (χ3v) is 5.66. The Morgan fingerprint density at radius 3 is 2.24 bits per heavy atom. The van der Waals surface area contributed by atoms with Crippen molar-refractivity contribution >= 4 is 41.3 Å². The molecule has 0 unspecified atom stereocenters. The Hall–Kier alpha value is -1.68. The summed E-state index contributed by atoms with van der Waals surface area (Å²) in [6.07, 6.45) is 0. The molecule has 29 heavy (non-hydrogen) atoms. The molecule has 1 aromatic carbocycles. The molecule has 0 bridgehead atoms. The fraction of sp³-hybridized carbons (Fsp3) is 0.476. The molecule has 2 aromatic rings. The van der Waals surface area contributed by atoms with Crippen LogP contribution in [0, 0.1) is 0 Å². The molecule has 2 rings (SSSR count). The van der Waals surface area contributed by atoms with Gasteiger partial charge in [-0.2, -0.15) is 0 Å². The van der Waals surface area contributed by atoms with E-state index in [1.165, 1.54) is 4.88 Å². The zero-order valence-corrected chi connectivity index (χ0v) is 21.1. The number of hydrogen-bond acceptors (Lipinski definition) is 5. The van der Waals surface area contributed by atoms with Crippen LogP contribution in [0.15, 0.2) is 34.6 Å². The second-order valence-corrected chi connectivity index (χ2v) is 7.88. The van der Waals surface area contributed by atoms with E-state index in [9.17, 15) is 0 Å². The number of thiophene rings is 1. The van der Waals surface area contributed by atoms with Crippen molar-refractivity contribution in [3.8, 4) is 17.2 Å². The van der Waals surface area contributed by atoms with Crippen LogP contribution in [0.4, 0.5) is 0 Å². The average Bonchev–Trinajstić information content (AvgIpc) is 3.25. The predicted molar refractivity (Wildman–Crippen MR) is 132 cm³/mol. The minimum atomic E-state index is 0. The molecule has 0 saturated heterocycles. The molecule has 6 nitrogen and oxygen atoms in total. The fourth-order valence-corrected chi connectivity index (χ4v) is 3.63. The number of nitrogens with one attached hydrogen (secondary N) is 2. The summed E-state index contributed by atoms with van der Waals surface area (Å²) in [6.45, 7) is 8.53. The molecule has 8 heteroatoms. The Morgan fingerprint density at radius 2 is 1.69 bits per heavy atom. The number of guanidine groups is 1. The van der Waals surface area contributed by atoms with Crippen molar-refractivity contribution in [1.82, 2.24) is 10.6 Å². The van der Waals surface area contributed by atoms with Crippen LogP contribution < -0.4 is 24.8 Å². The van der Waals surface area contributed by atoms with Crippen LogP contribution in [0.25, 0.3) is 0 Å². The van der Waals surface area contributed by atoms with Crippen molar-refractivity contribution in [1.29, 1.82) is 0 Å². The second-order valence-electron chi connectivity index (χ2n) is 6.93. The van der Waals surface area contributed by atoms with E-state index in [0.29, 0.717) is 18.0 Å². The molecule has 2 N–H and O–H groups in total. The first-order valence-corrected chi connectivity index (χ1v) is 10.2. The molecule has 162 valence electrons. The largest absolute Gasteiger partial charge is 0.496 e. The zero-order valence-electron chi connectivity index (χ0n) is 18.0. The van der Waals surface area contributed by atoms with E-state index in [1.807, 2.05) is 12.1 Å². The Labute approximate surface area is 195 Å². The number of rotatable bonds is 9. The summed E-state index contributed by atoms with van der Waals surface area (Å²) >= 11 is 1.78. The quantitative estimate of drug-likeness (QED) is 0.284. The van der Waals surface area contributed by atoms with Crippen molar-refractivity contribution < 1.29 is 14.2 Å². The predicted octanol–water partition coefficient (Wildman–Crippen LogP) is 4.42. The molecule has 0 radical (unpaired) electrons.